The molecule has 6 N–H and O–H groups in total. The average molecular weight is 725 g/mol. The first kappa shape index (κ1) is 38.5. The number of fused-ring (bicyclic) bond motifs is 1. The third-order valence-electron chi connectivity index (χ3n) is 8.33. The Hall–Kier alpha value is -5.29. The first-order valence-corrected chi connectivity index (χ1v) is 18.1. The number of nitrogens with two attached hydrogens (primary N) is 1. The van der Waals surface area contributed by atoms with E-state index in [1.54, 1.807) is 24.5 Å². The van der Waals surface area contributed by atoms with Crippen LogP contribution in [0.1, 0.15) is 49.4 Å². The van der Waals surface area contributed by atoms with Gasteiger partial charge < -0.3 is 36.6 Å². The van der Waals surface area contributed by atoms with Gasteiger partial charge >= 0.3 is 0 Å². The second kappa shape index (κ2) is 18.1. The third kappa shape index (κ3) is 11.9. The Kier molecular flexibility index (Phi) is 13.7. The highest BCUT2D eigenvalue weighted by Gasteiger charge is 2.38. The van der Waals surface area contributed by atoms with Crippen LogP contribution >= 0.6 is 0 Å². The molecule has 2 atom stereocenters. The van der Waals surface area contributed by atoms with Crippen LogP contribution in [-0.4, -0.2) is 98.2 Å². The molecule has 17 heteroatoms. The maximum absolute atomic E-state index is 14.0. The van der Waals surface area contributed by atoms with Crippen LogP contribution < -0.4 is 25.9 Å². The second-order valence-electron chi connectivity index (χ2n) is 12.4. The van der Waals surface area contributed by atoms with Gasteiger partial charge in [0.2, 0.25) is 21.8 Å². The molecule has 1 aliphatic heterocycles. The minimum atomic E-state index is -4.22. The largest absolute Gasteiger partial charge is 0.619 e. The van der Waals surface area contributed by atoms with Crippen molar-refractivity contribution in [2.75, 3.05) is 32.7 Å². The Balaban J connectivity index is 0.00000138. The number of sulfonamides is 1. The molecule has 51 heavy (non-hydrogen) atoms. The van der Waals surface area contributed by atoms with Crippen molar-refractivity contribution in [3.63, 3.8) is 0 Å². The molecule has 1 aliphatic carbocycles. The lowest BCUT2D eigenvalue weighted by molar-refractivity contribution is -0.605. The van der Waals surface area contributed by atoms with Crippen LogP contribution in [-0.2, 0) is 24.4 Å². The average Bonchev–Trinajstić information content (AvgIpc) is 3.94. The predicted octanol–water partition coefficient (Wildman–Crippen LogP) is 0.752. The number of likely N-dealkylation sites (tertiary alicyclic amines) is 1. The van der Waals surface area contributed by atoms with E-state index >= 15 is 0 Å². The van der Waals surface area contributed by atoms with Gasteiger partial charge in [0.25, 0.3) is 11.9 Å². The standard InChI is InChI=1S/C32H40N8O6S.C2H4O2/c33-36-22-38-14-3-5-23(20-38)19-35-30(41)18-29(37-47(45,46)28-12-9-24-6-1-2-7-25(24)17-28)32(43)40(27-10-11-27)16-13-34-31(42)26-8-4-15-39(44)21-26;1-2(3)4/h1-2,4,6-9,12,15,17,21-23,27,29,37H,3,5,10-11,13-14,16,18-20,33H2,(H,34,42)(H,35,41);1H3,(H,3,4)/t23-,29-;/m0./s1. The molecule has 0 unspecified atom stereocenters. The minimum absolute atomic E-state index is 0.0259. The number of amides is 3. The number of piperidine rings is 1. The molecule has 2 aliphatic rings. The fraction of sp³-hybridized carbons (Fsp3) is 0.412. The zero-order valence-electron chi connectivity index (χ0n) is 28.3. The van der Waals surface area contributed by atoms with Crippen LogP contribution in [0.25, 0.3) is 10.8 Å². The fourth-order valence-electron chi connectivity index (χ4n) is 5.79. The molecular formula is C34H44N8O8S. The van der Waals surface area contributed by atoms with E-state index in [0.29, 0.717) is 23.2 Å². The molecule has 2 fully saturated rings. The van der Waals surface area contributed by atoms with E-state index in [9.17, 15) is 28.0 Å². The van der Waals surface area contributed by atoms with Crippen molar-refractivity contribution in [3.05, 3.63) is 77.8 Å². The highest BCUT2D eigenvalue weighted by molar-refractivity contribution is 7.89. The van der Waals surface area contributed by atoms with Gasteiger partial charge in [-0.05, 0) is 60.6 Å². The Morgan fingerprint density at radius 3 is 2.51 bits per heavy atom. The van der Waals surface area contributed by atoms with Gasteiger partial charge in [-0.25, -0.2) is 8.42 Å². The minimum Gasteiger partial charge on any atom is -0.619 e. The van der Waals surface area contributed by atoms with Crippen LogP contribution in [0.5, 0.6) is 0 Å². The summed E-state index contributed by atoms with van der Waals surface area (Å²) in [7, 11) is -4.22. The first-order chi connectivity index (χ1) is 24.4. The van der Waals surface area contributed by atoms with Crippen molar-refractivity contribution >= 4 is 50.8 Å². The summed E-state index contributed by atoms with van der Waals surface area (Å²) in [6, 6.07) is 13.4. The van der Waals surface area contributed by atoms with E-state index in [4.69, 9.17) is 15.7 Å². The number of aromatic nitrogens is 1. The molecule has 2 aromatic carbocycles. The number of aliphatic carboxylic acids is 1. The number of nitrogens with one attached hydrogen (secondary N) is 3. The summed E-state index contributed by atoms with van der Waals surface area (Å²) in [6.07, 6.45) is 6.81. The van der Waals surface area contributed by atoms with E-state index in [1.807, 2.05) is 17.0 Å². The third-order valence-corrected chi connectivity index (χ3v) is 9.80. The van der Waals surface area contributed by atoms with E-state index in [-0.39, 0.29) is 35.5 Å². The maximum atomic E-state index is 14.0. The zero-order chi connectivity index (χ0) is 37.0. The van der Waals surface area contributed by atoms with Gasteiger partial charge in [-0.15, -0.1) is 0 Å². The van der Waals surface area contributed by atoms with Gasteiger partial charge in [-0.3, -0.25) is 19.2 Å². The summed E-state index contributed by atoms with van der Waals surface area (Å²) >= 11 is 0. The quantitative estimate of drug-likeness (QED) is 0.0391. The molecule has 1 saturated heterocycles. The van der Waals surface area contributed by atoms with E-state index in [0.717, 1.165) is 50.7 Å². The Labute approximate surface area is 296 Å². The number of carbonyl (C=O) groups is 4. The molecule has 0 bridgehead atoms. The zero-order valence-corrected chi connectivity index (χ0v) is 29.1. The molecule has 0 radical (unpaired) electrons. The SMILES string of the molecule is CC(=O)O.NN=CN1CCC[C@@H](CNC(=O)C[C@H](NS(=O)(=O)c2ccc3ccccc3c2)C(=O)N(CCNC(=O)c2ccc[n+]([O-])c2)C2CC2)C1. The highest BCUT2D eigenvalue weighted by Crippen LogP contribution is 2.28. The molecule has 3 amide bonds. The summed E-state index contributed by atoms with van der Waals surface area (Å²) in [5.74, 6) is 3.10. The van der Waals surface area contributed by atoms with Crippen molar-refractivity contribution in [1.82, 2.24) is 25.2 Å². The molecule has 5 rings (SSSR count). The number of benzene rings is 2. The first-order valence-electron chi connectivity index (χ1n) is 16.6. The molecule has 16 nitrogen and oxygen atoms in total. The highest BCUT2D eigenvalue weighted by atomic mass is 32.2. The van der Waals surface area contributed by atoms with E-state index in [2.05, 4.69) is 20.5 Å². The second-order valence-corrected chi connectivity index (χ2v) is 14.2. The predicted molar refractivity (Wildman–Crippen MR) is 188 cm³/mol. The summed E-state index contributed by atoms with van der Waals surface area (Å²) in [5.41, 5.74) is 0.167. The van der Waals surface area contributed by atoms with Gasteiger partial charge in [-0.1, -0.05) is 30.3 Å². The number of carboxylic acid groups (broad SMARTS) is 1. The Bertz CT molecular complexity index is 1830. The summed E-state index contributed by atoms with van der Waals surface area (Å²) in [5, 5.41) is 29.7. The van der Waals surface area contributed by atoms with E-state index in [1.165, 1.54) is 35.4 Å². The smallest absolute Gasteiger partial charge is 0.300 e. The summed E-state index contributed by atoms with van der Waals surface area (Å²) in [6.45, 7) is 3.08. The number of pyridine rings is 1. The van der Waals surface area contributed by atoms with Gasteiger partial charge in [0.1, 0.15) is 17.9 Å². The van der Waals surface area contributed by atoms with Crippen LogP contribution in [0.15, 0.2) is 77.0 Å². The van der Waals surface area contributed by atoms with Crippen molar-refractivity contribution in [2.24, 2.45) is 16.9 Å². The van der Waals surface area contributed by atoms with Crippen LogP contribution in [0.2, 0.25) is 0 Å². The summed E-state index contributed by atoms with van der Waals surface area (Å²) < 4.78 is 30.3. The monoisotopic (exact) mass is 724 g/mol. The van der Waals surface area contributed by atoms with Crippen molar-refractivity contribution in [3.8, 4) is 0 Å². The lowest BCUT2D eigenvalue weighted by Crippen LogP contribution is -2.52. The van der Waals surface area contributed by atoms with E-state index < -0.39 is 46.2 Å². The fourth-order valence-corrected chi connectivity index (χ4v) is 7.01. The number of hydrazone groups is 1. The molecule has 1 aromatic heterocycles. The van der Waals surface area contributed by atoms with Gasteiger partial charge in [0, 0.05) is 51.8 Å². The number of rotatable bonds is 14. The van der Waals surface area contributed by atoms with Gasteiger partial charge in [0.15, 0.2) is 12.4 Å². The lowest BCUT2D eigenvalue weighted by atomic mass is 9.98. The van der Waals surface area contributed by atoms with Gasteiger partial charge in [0.05, 0.1) is 11.3 Å². The number of carbonyl (C=O) groups excluding carboxylic acids is 3. The normalized spacial score (nSPS) is 16.5. The Morgan fingerprint density at radius 2 is 1.82 bits per heavy atom. The van der Waals surface area contributed by atoms with Crippen molar-refractivity contribution in [1.29, 1.82) is 0 Å². The molecule has 3 aromatic rings. The summed E-state index contributed by atoms with van der Waals surface area (Å²) in [4.78, 5) is 52.3. The molecule has 2 heterocycles. The number of carboxylic acids is 1. The van der Waals surface area contributed by atoms with Crippen LogP contribution in [0.4, 0.5) is 0 Å². The molecular weight excluding hydrogens is 680 g/mol. The molecule has 1 saturated carbocycles. The Morgan fingerprint density at radius 1 is 1.10 bits per heavy atom. The number of nitrogens with zero attached hydrogens (tertiary/aromatic N) is 4. The van der Waals surface area contributed by atoms with Crippen molar-refractivity contribution < 1.29 is 37.4 Å². The van der Waals surface area contributed by atoms with Crippen molar-refractivity contribution in [2.45, 2.75) is 56.0 Å². The maximum Gasteiger partial charge on any atom is 0.300 e. The van der Waals surface area contributed by atoms with Gasteiger partial charge in [-0.2, -0.15) is 14.6 Å². The molecule has 0 spiro atoms. The molecule has 274 valence electrons. The number of hydrogen-bond acceptors (Lipinski definition) is 9. The number of hydrogen-bond donors (Lipinski definition) is 5. The lowest BCUT2D eigenvalue weighted by Gasteiger charge is -2.31. The topological polar surface area (TPSA) is 231 Å². The van der Waals surface area contributed by atoms with Crippen LogP contribution in [0.3, 0.4) is 0 Å². The van der Waals surface area contributed by atoms with Crippen LogP contribution in [0, 0.1) is 11.1 Å².